The average Bonchev–Trinajstić information content (AvgIpc) is 2.58. The summed E-state index contributed by atoms with van der Waals surface area (Å²) in [5, 5.41) is 0.458. The fourth-order valence-electron chi connectivity index (χ4n) is 1.57. The fraction of sp³-hybridized carbons (Fsp3) is 0.400. The summed E-state index contributed by atoms with van der Waals surface area (Å²) in [6.45, 7) is 0.728. The lowest BCUT2D eigenvalue weighted by atomic mass is 10.3. The van der Waals surface area contributed by atoms with Crippen LogP contribution < -0.4 is 0 Å². The Morgan fingerprint density at radius 1 is 1.56 bits per heavy atom. The van der Waals surface area contributed by atoms with Crippen molar-refractivity contribution in [2.24, 2.45) is 0 Å². The molecule has 0 radical (unpaired) electrons. The lowest BCUT2D eigenvalue weighted by Gasteiger charge is -2.00. The normalized spacial score (nSPS) is 11.2. The van der Waals surface area contributed by atoms with Crippen LogP contribution in [0.3, 0.4) is 0 Å². The Morgan fingerprint density at radius 3 is 3.12 bits per heavy atom. The number of fused-ring (bicyclic) bond motifs is 1. The zero-order chi connectivity index (χ0) is 11.5. The topological polar surface area (TPSA) is 39.4 Å². The van der Waals surface area contributed by atoms with Crippen molar-refractivity contribution in [3.63, 3.8) is 0 Å². The molecule has 16 heavy (non-hydrogen) atoms. The molecule has 0 atom stereocenters. The minimum Gasteiger partial charge on any atom is -0.385 e. The van der Waals surface area contributed by atoms with Crippen molar-refractivity contribution >= 4 is 33.0 Å². The Bertz CT molecular complexity index is 500. The van der Waals surface area contributed by atoms with E-state index in [-0.39, 0.29) is 0 Å². The van der Waals surface area contributed by atoms with Gasteiger partial charge in [0.05, 0.1) is 0 Å². The van der Waals surface area contributed by atoms with Crippen LogP contribution in [0.25, 0.3) is 5.52 Å². The van der Waals surface area contributed by atoms with E-state index >= 15 is 0 Å². The van der Waals surface area contributed by atoms with Crippen LogP contribution in [0.15, 0.2) is 17.0 Å². The van der Waals surface area contributed by atoms with Crippen LogP contribution in [-0.2, 0) is 11.2 Å². The number of methoxy groups -OCH3 is 1. The second kappa shape index (κ2) is 5.12. The van der Waals surface area contributed by atoms with Crippen molar-refractivity contribution in [3.8, 4) is 0 Å². The molecule has 2 rings (SSSR count). The minimum atomic E-state index is 0.458. The highest BCUT2D eigenvalue weighted by atomic mass is 79.9. The largest absolute Gasteiger partial charge is 0.385 e. The molecule has 0 N–H and O–H groups in total. The molecular formula is C10H11BrClN3O. The van der Waals surface area contributed by atoms with E-state index in [0.29, 0.717) is 5.15 Å². The molecule has 6 heteroatoms. The van der Waals surface area contributed by atoms with Crippen molar-refractivity contribution in [3.05, 3.63) is 28.0 Å². The maximum absolute atomic E-state index is 6.01. The molecule has 2 aromatic rings. The summed E-state index contributed by atoms with van der Waals surface area (Å²) >= 11 is 9.40. The maximum Gasteiger partial charge on any atom is 0.155 e. The number of hydrogen-bond acceptors (Lipinski definition) is 3. The second-order valence-corrected chi connectivity index (χ2v) is 4.46. The summed E-state index contributed by atoms with van der Waals surface area (Å²) in [5.41, 5.74) is 0.816. The molecule has 0 fully saturated rings. The van der Waals surface area contributed by atoms with Gasteiger partial charge in [0.15, 0.2) is 5.15 Å². The molecule has 86 valence electrons. The number of rotatable bonds is 4. The van der Waals surface area contributed by atoms with E-state index in [2.05, 4.69) is 25.9 Å². The first kappa shape index (κ1) is 11.8. The van der Waals surface area contributed by atoms with Crippen molar-refractivity contribution in [1.82, 2.24) is 14.4 Å². The number of nitrogens with zero attached hydrogens (tertiary/aromatic N) is 3. The van der Waals surface area contributed by atoms with Gasteiger partial charge in [0, 0.05) is 32.5 Å². The third-order valence-corrected chi connectivity index (χ3v) is 3.12. The maximum atomic E-state index is 6.01. The van der Waals surface area contributed by atoms with Crippen LogP contribution in [-0.4, -0.2) is 28.1 Å². The molecule has 0 aliphatic carbocycles. The highest BCUT2D eigenvalue weighted by Crippen LogP contribution is 2.24. The molecule has 0 aliphatic rings. The lowest BCUT2D eigenvalue weighted by Crippen LogP contribution is -1.98. The van der Waals surface area contributed by atoms with E-state index in [1.165, 1.54) is 0 Å². The van der Waals surface area contributed by atoms with Gasteiger partial charge in [0.25, 0.3) is 0 Å². The summed E-state index contributed by atoms with van der Waals surface area (Å²) < 4.78 is 7.71. The summed E-state index contributed by atoms with van der Waals surface area (Å²) in [5.74, 6) is 0.961. The van der Waals surface area contributed by atoms with E-state index in [1.807, 2.05) is 10.6 Å². The summed E-state index contributed by atoms with van der Waals surface area (Å²) in [6, 6.07) is 0. The van der Waals surface area contributed by atoms with Gasteiger partial charge in [-0.2, -0.15) is 0 Å². The first-order valence-corrected chi connectivity index (χ1v) is 6.07. The molecule has 0 saturated carbocycles. The monoisotopic (exact) mass is 303 g/mol. The first-order valence-electron chi connectivity index (χ1n) is 4.90. The number of aryl methyl sites for hydroxylation is 1. The summed E-state index contributed by atoms with van der Waals surface area (Å²) in [6.07, 6.45) is 5.31. The Kier molecular flexibility index (Phi) is 3.78. The second-order valence-electron chi connectivity index (χ2n) is 3.35. The number of imidazole rings is 1. The third kappa shape index (κ3) is 2.21. The number of ether oxygens (including phenoxy) is 1. The molecule has 0 bridgehead atoms. The van der Waals surface area contributed by atoms with Gasteiger partial charge in [-0.3, -0.25) is 4.40 Å². The van der Waals surface area contributed by atoms with Gasteiger partial charge in [-0.15, -0.1) is 0 Å². The molecule has 0 unspecified atom stereocenters. The highest BCUT2D eigenvalue weighted by Gasteiger charge is 2.11. The van der Waals surface area contributed by atoms with Crippen LogP contribution in [0.4, 0.5) is 0 Å². The number of halogens is 2. The van der Waals surface area contributed by atoms with Crippen molar-refractivity contribution in [2.75, 3.05) is 13.7 Å². The molecule has 0 aromatic carbocycles. The zero-order valence-electron chi connectivity index (χ0n) is 8.78. The SMILES string of the molecule is COCCCc1nc(Br)c2c(Cl)nccn12. The molecule has 0 amide bonds. The molecule has 0 aliphatic heterocycles. The minimum absolute atomic E-state index is 0.458. The molecule has 0 saturated heterocycles. The molecule has 2 aromatic heterocycles. The van der Waals surface area contributed by atoms with Crippen molar-refractivity contribution in [1.29, 1.82) is 0 Å². The highest BCUT2D eigenvalue weighted by molar-refractivity contribution is 9.10. The van der Waals surface area contributed by atoms with E-state index in [0.717, 1.165) is 35.4 Å². The Hall–Kier alpha value is -0.650. The van der Waals surface area contributed by atoms with Gasteiger partial charge in [-0.1, -0.05) is 11.6 Å². The Balaban J connectivity index is 2.36. The van der Waals surface area contributed by atoms with Gasteiger partial charge in [0.2, 0.25) is 0 Å². The quantitative estimate of drug-likeness (QED) is 0.815. The van der Waals surface area contributed by atoms with Gasteiger partial charge in [-0.25, -0.2) is 9.97 Å². The third-order valence-electron chi connectivity index (χ3n) is 2.29. The van der Waals surface area contributed by atoms with Crippen LogP contribution in [0.2, 0.25) is 5.15 Å². The Morgan fingerprint density at radius 2 is 2.38 bits per heavy atom. The smallest absolute Gasteiger partial charge is 0.155 e. The van der Waals surface area contributed by atoms with E-state index in [1.54, 1.807) is 13.3 Å². The Labute approximate surface area is 107 Å². The van der Waals surface area contributed by atoms with E-state index in [9.17, 15) is 0 Å². The van der Waals surface area contributed by atoms with Crippen molar-refractivity contribution in [2.45, 2.75) is 12.8 Å². The number of hydrogen-bond donors (Lipinski definition) is 0. The molecule has 4 nitrogen and oxygen atoms in total. The zero-order valence-corrected chi connectivity index (χ0v) is 11.1. The predicted octanol–water partition coefficient (Wildman–Crippen LogP) is 2.72. The van der Waals surface area contributed by atoms with Crippen LogP contribution in [0.5, 0.6) is 0 Å². The average molecular weight is 305 g/mol. The van der Waals surface area contributed by atoms with Gasteiger partial charge in [0.1, 0.15) is 15.9 Å². The van der Waals surface area contributed by atoms with Crippen molar-refractivity contribution < 1.29 is 4.74 Å². The summed E-state index contributed by atoms with van der Waals surface area (Å²) in [4.78, 5) is 8.45. The number of aromatic nitrogens is 3. The molecule has 0 spiro atoms. The van der Waals surface area contributed by atoms with Crippen LogP contribution >= 0.6 is 27.5 Å². The van der Waals surface area contributed by atoms with Gasteiger partial charge in [-0.05, 0) is 22.4 Å². The molecular weight excluding hydrogens is 293 g/mol. The van der Waals surface area contributed by atoms with Crippen LogP contribution in [0.1, 0.15) is 12.2 Å². The molecule has 2 heterocycles. The fourth-order valence-corrected chi connectivity index (χ4v) is 2.51. The van der Waals surface area contributed by atoms with E-state index in [4.69, 9.17) is 16.3 Å². The van der Waals surface area contributed by atoms with Gasteiger partial charge >= 0.3 is 0 Å². The standard InChI is InChI=1S/C10H11BrClN3O/c1-16-6-2-3-7-14-9(11)8-10(12)13-4-5-15(7)8/h4-5H,2-3,6H2,1H3. The van der Waals surface area contributed by atoms with Gasteiger partial charge < -0.3 is 4.74 Å². The van der Waals surface area contributed by atoms with Crippen LogP contribution in [0, 0.1) is 0 Å². The predicted molar refractivity (Wildman–Crippen MR) is 65.9 cm³/mol. The lowest BCUT2D eigenvalue weighted by molar-refractivity contribution is 0.194. The first-order chi connectivity index (χ1) is 7.74. The van der Waals surface area contributed by atoms with E-state index < -0.39 is 0 Å². The summed E-state index contributed by atoms with van der Waals surface area (Å²) in [7, 11) is 1.69.